The van der Waals surface area contributed by atoms with Crippen LogP contribution in [0.5, 0.6) is 0 Å². The third-order valence-electron chi connectivity index (χ3n) is 6.98. The van der Waals surface area contributed by atoms with Crippen molar-refractivity contribution in [1.82, 2.24) is 14.7 Å². The van der Waals surface area contributed by atoms with Gasteiger partial charge in [0.1, 0.15) is 5.76 Å². The Labute approximate surface area is 164 Å². The summed E-state index contributed by atoms with van der Waals surface area (Å²) in [5, 5.41) is 0. The van der Waals surface area contributed by atoms with E-state index in [0.717, 1.165) is 38.1 Å². The highest BCUT2D eigenvalue weighted by Gasteiger charge is 2.46. The fraction of sp³-hybridized carbons (Fsp3) is 0.667. The van der Waals surface area contributed by atoms with Crippen molar-refractivity contribution < 1.29 is 18.8 Å². The summed E-state index contributed by atoms with van der Waals surface area (Å²) < 4.78 is 5.34. The minimum Gasteiger partial charge on any atom is -0.467 e. The first-order chi connectivity index (χ1) is 13.6. The molecule has 0 spiro atoms. The summed E-state index contributed by atoms with van der Waals surface area (Å²) in [6, 6.07) is 3.96. The second-order valence-corrected chi connectivity index (χ2v) is 8.87. The quantitative estimate of drug-likeness (QED) is 0.790. The Bertz CT molecular complexity index is 777. The van der Waals surface area contributed by atoms with Gasteiger partial charge in [0.2, 0.25) is 17.7 Å². The second kappa shape index (κ2) is 6.94. The molecule has 28 heavy (non-hydrogen) atoms. The number of hydrogen-bond acceptors (Lipinski definition) is 4. The lowest BCUT2D eigenvalue weighted by molar-refractivity contribution is -0.150. The van der Waals surface area contributed by atoms with E-state index in [1.165, 1.54) is 0 Å². The molecule has 3 amide bonds. The number of nitrogens with zero attached hydrogens (tertiary/aromatic N) is 3. The average Bonchev–Trinajstić information content (AvgIpc) is 3.32. The monoisotopic (exact) mass is 385 g/mol. The van der Waals surface area contributed by atoms with Gasteiger partial charge in [-0.25, -0.2) is 0 Å². The van der Waals surface area contributed by atoms with Crippen LogP contribution in [0.15, 0.2) is 22.8 Å². The molecule has 1 aromatic rings. The molecule has 7 nitrogen and oxygen atoms in total. The van der Waals surface area contributed by atoms with Crippen molar-refractivity contribution in [2.24, 2.45) is 17.8 Å². The van der Waals surface area contributed by atoms with E-state index in [4.69, 9.17) is 4.42 Å². The number of furan rings is 1. The fourth-order valence-corrected chi connectivity index (χ4v) is 5.73. The van der Waals surface area contributed by atoms with Crippen molar-refractivity contribution >= 4 is 17.7 Å². The molecule has 150 valence electrons. The van der Waals surface area contributed by atoms with Crippen LogP contribution < -0.4 is 0 Å². The van der Waals surface area contributed by atoms with E-state index in [1.807, 2.05) is 17.0 Å². The van der Waals surface area contributed by atoms with Crippen LogP contribution in [-0.2, 0) is 20.9 Å². The molecule has 0 N–H and O–H groups in total. The van der Waals surface area contributed by atoms with Crippen LogP contribution in [0.25, 0.3) is 0 Å². The standard InChI is InChI=1S/C21H27N3O4/c25-19-5-1-4-18-15-7-14(10-24(18)19)9-23(11-15)21(27)16-8-20(26)22(12-16)13-17-3-2-6-28-17/h2-3,6,14-16,18H,1,4-5,7-13H2/t14-,15+,16+,18-/m1/s1. The van der Waals surface area contributed by atoms with Gasteiger partial charge < -0.3 is 19.1 Å². The first kappa shape index (κ1) is 17.8. The molecule has 0 saturated carbocycles. The maximum Gasteiger partial charge on any atom is 0.228 e. The Morgan fingerprint density at radius 3 is 2.86 bits per heavy atom. The molecule has 4 aliphatic rings. The molecule has 4 fully saturated rings. The summed E-state index contributed by atoms with van der Waals surface area (Å²) in [4.78, 5) is 43.7. The molecule has 0 aromatic carbocycles. The highest BCUT2D eigenvalue weighted by Crippen LogP contribution is 2.38. The molecule has 4 atom stereocenters. The van der Waals surface area contributed by atoms with Gasteiger partial charge in [0.05, 0.1) is 18.7 Å². The highest BCUT2D eigenvalue weighted by atomic mass is 16.3. The fourth-order valence-electron chi connectivity index (χ4n) is 5.73. The van der Waals surface area contributed by atoms with Crippen molar-refractivity contribution in [3.8, 4) is 0 Å². The number of amides is 3. The van der Waals surface area contributed by atoms with E-state index in [9.17, 15) is 14.4 Å². The lowest BCUT2D eigenvalue weighted by atomic mass is 9.75. The zero-order valence-corrected chi connectivity index (χ0v) is 16.1. The lowest BCUT2D eigenvalue weighted by Crippen LogP contribution is -2.61. The van der Waals surface area contributed by atoms with Crippen LogP contribution in [0.3, 0.4) is 0 Å². The number of likely N-dealkylation sites (tertiary alicyclic amines) is 2. The average molecular weight is 385 g/mol. The summed E-state index contributed by atoms with van der Waals surface area (Å²) in [5.74, 6) is 1.67. The Balaban J connectivity index is 1.24. The van der Waals surface area contributed by atoms with Gasteiger partial charge >= 0.3 is 0 Å². The van der Waals surface area contributed by atoms with Crippen molar-refractivity contribution in [1.29, 1.82) is 0 Å². The third kappa shape index (κ3) is 3.10. The Morgan fingerprint density at radius 1 is 1.14 bits per heavy atom. The van der Waals surface area contributed by atoms with Gasteiger partial charge in [0.15, 0.2) is 0 Å². The van der Waals surface area contributed by atoms with Gasteiger partial charge in [0, 0.05) is 45.1 Å². The van der Waals surface area contributed by atoms with E-state index < -0.39 is 0 Å². The summed E-state index contributed by atoms with van der Waals surface area (Å²) in [6.45, 7) is 3.14. The first-order valence-electron chi connectivity index (χ1n) is 10.5. The molecule has 2 bridgehead atoms. The number of carbonyl (C=O) groups is 3. The van der Waals surface area contributed by atoms with Gasteiger partial charge in [-0.05, 0) is 43.2 Å². The number of hydrogen-bond donors (Lipinski definition) is 0. The number of fused-ring (bicyclic) bond motifs is 4. The molecule has 1 aromatic heterocycles. The van der Waals surface area contributed by atoms with E-state index >= 15 is 0 Å². The van der Waals surface area contributed by atoms with Gasteiger partial charge in [-0.15, -0.1) is 0 Å². The van der Waals surface area contributed by atoms with E-state index in [0.29, 0.717) is 56.3 Å². The highest BCUT2D eigenvalue weighted by molar-refractivity contribution is 5.89. The molecule has 5 heterocycles. The Hall–Kier alpha value is -2.31. The van der Waals surface area contributed by atoms with Crippen LogP contribution in [0.4, 0.5) is 0 Å². The normalized spacial score (nSPS) is 32.6. The summed E-state index contributed by atoms with van der Waals surface area (Å²) in [6.07, 6.45) is 5.71. The number of piperidine rings is 3. The Kier molecular flexibility index (Phi) is 4.40. The van der Waals surface area contributed by atoms with Gasteiger partial charge in [-0.1, -0.05) is 0 Å². The predicted octanol–water partition coefficient (Wildman–Crippen LogP) is 1.49. The summed E-state index contributed by atoms with van der Waals surface area (Å²) in [7, 11) is 0. The topological polar surface area (TPSA) is 74.1 Å². The lowest BCUT2D eigenvalue weighted by Gasteiger charge is -2.52. The molecule has 0 radical (unpaired) electrons. The van der Waals surface area contributed by atoms with Crippen molar-refractivity contribution in [2.45, 2.75) is 44.7 Å². The predicted molar refractivity (Wildman–Crippen MR) is 99.8 cm³/mol. The molecule has 0 aliphatic carbocycles. The Morgan fingerprint density at radius 2 is 2.04 bits per heavy atom. The van der Waals surface area contributed by atoms with Crippen molar-refractivity contribution in [3.63, 3.8) is 0 Å². The SMILES string of the molecule is O=C1C[C@H](C(=O)N2C[C@H]3C[C@@H](C2)[C@H]2CCCC(=O)N2C3)CN1Cc1ccco1. The molecular formula is C21H27N3O4. The molecule has 4 aliphatic heterocycles. The zero-order valence-electron chi connectivity index (χ0n) is 16.1. The van der Waals surface area contributed by atoms with Crippen LogP contribution in [0.1, 0.15) is 37.9 Å². The van der Waals surface area contributed by atoms with Crippen LogP contribution in [-0.4, -0.2) is 64.6 Å². The van der Waals surface area contributed by atoms with Gasteiger partial charge in [-0.3, -0.25) is 14.4 Å². The minimum absolute atomic E-state index is 0.0241. The molecule has 7 heteroatoms. The molecule has 5 rings (SSSR count). The van der Waals surface area contributed by atoms with Crippen LogP contribution in [0, 0.1) is 17.8 Å². The third-order valence-corrected chi connectivity index (χ3v) is 6.98. The van der Waals surface area contributed by atoms with Gasteiger partial charge in [0.25, 0.3) is 0 Å². The molecular weight excluding hydrogens is 358 g/mol. The van der Waals surface area contributed by atoms with E-state index in [2.05, 4.69) is 4.90 Å². The smallest absolute Gasteiger partial charge is 0.228 e. The summed E-state index contributed by atoms with van der Waals surface area (Å²) >= 11 is 0. The maximum absolute atomic E-state index is 13.2. The van der Waals surface area contributed by atoms with Crippen LogP contribution in [0.2, 0.25) is 0 Å². The van der Waals surface area contributed by atoms with Gasteiger partial charge in [-0.2, -0.15) is 0 Å². The minimum atomic E-state index is -0.259. The largest absolute Gasteiger partial charge is 0.467 e. The zero-order chi connectivity index (χ0) is 19.3. The number of carbonyl (C=O) groups excluding carboxylic acids is 3. The van der Waals surface area contributed by atoms with E-state index in [1.54, 1.807) is 11.2 Å². The van der Waals surface area contributed by atoms with E-state index in [-0.39, 0.29) is 17.7 Å². The van der Waals surface area contributed by atoms with Crippen molar-refractivity contribution in [3.05, 3.63) is 24.2 Å². The summed E-state index contributed by atoms with van der Waals surface area (Å²) in [5.41, 5.74) is 0. The van der Waals surface area contributed by atoms with Crippen LogP contribution >= 0.6 is 0 Å². The van der Waals surface area contributed by atoms with Crippen molar-refractivity contribution in [2.75, 3.05) is 26.2 Å². The first-order valence-corrected chi connectivity index (χ1v) is 10.5. The maximum atomic E-state index is 13.2. The molecule has 0 unspecified atom stereocenters. The second-order valence-electron chi connectivity index (χ2n) is 8.87. The number of rotatable bonds is 3. The molecule has 4 saturated heterocycles.